The van der Waals surface area contributed by atoms with E-state index in [4.69, 9.17) is 5.73 Å². The van der Waals surface area contributed by atoms with Gasteiger partial charge in [-0.05, 0) is 37.5 Å². The van der Waals surface area contributed by atoms with Crippen molar-refractivity contribution in [1.29, 1.82) is 0 Å². The van der Waals surface area contributed by atoms with Crippen LogP contribution in [0, 0.1) is 5.82 Å². The van der Waals surface area contributed by atoms with E-state index >= 15 is 0 Å². The van der Waals surface area contributed by atoms with Crippen molar-refractivity contribution in [2.24, 2.45) is 10.7 Å². The maximum absolute atomic E-state index is 13.3. The van der Waals surface area contributed by atoms with Crippen LogP contribution in [-0.4, -0.2) is 19.0 Å². The minimum absolute atomic E-state index is 0.0162. The highest BCUT2D eigenvalue weighted by Gasteiger charge is 2.44. The van der Waals surface area contributed by atoms with Crippen LogP contribution < -0.4 is 11.1 Å². The number of halogens is 1. The topological polar surface area (TPSA) is 50.4 Å². The fourth-order valence-corrected chi connectivity index (χ4v) is 2.04. The molecule has 1 fully saturated rings. The van der Waals surface area contributed by atoms with Crippen molar-refractivity contribution >= 4 is 5.96 Å². The molecule has 102 valence electrons. The molecule has 0 amide bonds. The van der Waals surface area contributed by atoms with E-state index in [1.54, 1.807) is 12.1 Å². The maximum atomic E-state index is 13.3. The van der Waals surface area contributed by atoms with Crippen molar-refractivity contribution in [3.8, 4) is 0 Å². The van der Waals surface area contributed by atoms with Crippen molar-refractivity contribution in [2.45, 2.75) is 25.2 Å². The second-order valence-corrected chi connectivity index (χ2v) is 5.30. The number of rotatable bonds is 5. The van der Waals surface area contributed by atoms with E-state index in [9.17, 15) is 4.39 Å². The van der Waals surface area contributed by atoms with Gasteiger partial charge in [0.05, 0.1) is 6.54 Å². The fraction of sp³-hybridized carbons (Fsp3) is 0.400. The van der Waals surface area contributed by atoms with E-state index in [2.05, 4.69) is 16.9 Å². The summed E-state index contributed by atoms with van der Waals surface area (Å²) < 4.78 is 13.3. The third-order valence-electron chi connectivity index (χ3n) is 3.41. The van der Waals surface area contributed by atoms with Crippen LogP contribution in [-0.2, 0) is 5.41 Å². The number of nitrogens with two attached hydrogens (primary N) is 1. The highest BCUT2D eigenvalue weighted by Crippen LogP contribution is 2.48. The zero-order chi connectivity index (χ0) is 13.9. The molecular weight excluding hydrogens is 241 g/mol. The fourth-order valence-electron chi connectivity index (χ4n) is 2.04. The minimum Gasteiger partial charge on any atom is -0.370 e. The first-order valence-corrected chi connectivity index (χ1v) is 6.46. The number of nitrogens with zero attached hydrogens (tertiary/aromatic N) is 1. The molecule has 0 saturated heterocycles. The smallest absolute Gasteiger partial charge is 0.188 e. The van der Waals surface area contributed by atoms with Crippen molar-refractivity contribution in [1.82, 2.24) is 5.32 Å². The van der Waals surface area contributed by atoms with Gasteiger partial charge < -0.3 is 11.1 Å². The number of hydrogen-bond acceptors (Lipinski definition) is 1. The van der Waals surface area contributed by atoms with E-state index < -0.39 is 0 Å². The van der Waals surface area contributed by atoms with Gasteiger partial charge in [-0.25, -0.2) is 4.39 Å². The van der Waals surface area contributed by atoms with Crippen LogP contribution in [0.4, 0.5) is 4.39 Å². The van der Waals surface area contributed by atoms with Gasteiger partial charge in [0, 0.05) is 12.0 Å². The van der Waals surface area contributed by atoms with Crippen LogP contribution in [0.5, 0.6) is 0 Å². The number of aliphatic imine (C=N–C) groups is 1. The van der Waals surface area contributed by atoms with Gasteiger partial charge in [0.2, 0.25) is 0 Å². The Kier molecular flexibility index (Phi) is 3.88. The summed E-state index contributed by atoms with van der Waals surface area (Å²) in [4.78, 5) is 4.36. The quantitative estimate of drug-likeness (QED) is 0.485. The lowest BCUT2D eigenvalue weighted by Crippen LogP contribution is -2.33. The van der Waals surface area contributed by atoms with Gasteiger partial charge in [-0.3, -0.25) is 4.99 Å². The van der Waals surface area contributed by atoms with Gasteiger partial charge in [0.1, 0.15) is 5.82 Å². The van der Waals surface area contributed by atoms with E-state index in [0.717, 1.165) is 24.0 Å². The number of nitrogens with one attached hydrogen (secondary N) is 1. The van der Waals surface area contributed by atoms with E-state index in [-0.39, 0.29) is 11.2 Å². The Morgan fingerprint density at radius 1 is 1.53 bits per heavy atom. The molecule has 3 N–H and O–H groups in total. The lowest BCUT2D eigenvalue weighted by Gasteiger charge is -2.14. The molecule has 1 aromatic rings. The Balaban J connectivity index is 1.99. The Bertz CT molecular complexity index is 504. The summed E-state index contributed by atoms with van der Waals surface area (Å²) >= 11 is 0. The number of hydrogen-bond donors (Lipinski definition) is 2. The molecule has 2 rings (SSSR count). The average molecular weight is 261 g/mol. The normalized spacial score (nSPS) is 17.1. The molecule has 0 spiro atoms. The minimum atomic E-state index is -0.193. The third kappa shape index (κ3) is 3.56. The standard InChI is InChI=1S/C15H20FN3/c1-11(2)9-18-14(17)19-10-15(6-7-15)12-4-3-5-13(16)8-12/h3-5,8H,1,6-7,9-10H2,2H3,(H3,17,18,19). The lowest BCUT2D eigenvalue weighted by molar-refractivity contribution is 0.616. The SMILES string of the molecule is C=C(C)CNC(N)=NCC1(c2cccc(F)c2)CC1. The van der Waals surface area contributed by atoms with Crippen molar-refractivity contribution in [3.63, 3.8) is 0 Å². The zero-order valence-corrected chi connectivity index (χ0v) is 11.2. The molecule has 1 saturated carbocycles. The number of guanidine groups is 1. The van der Waals surface area contributed by atoms with E-state index in [0.29, 0.717) is 19.0 Å². The highest BCUT2D eigenvalue weighted by atomic mass is 19.1. The van der Waals surface area contributed by atoms with Gasteiger partial charge in [-0.2, -0.15) is 0 Å². The van der Waals surface area contributed by atoms with Gasteiger partial charge >= 0.3 is 0 Å². The van der Waals surface area contributed by atoms with Crippen LogP contribution in [0.15, 0.2) is 41.4 Å². The van der Waals surface area contributed by atoms with Crippen LogP contribution in [0.25, 0.3) is 0 Å². The highest BCUT2D eigenvalue weighted by molar-refractivity contribution is 5.78. The monoisotopic (exact) mass is 261 g/mol. The summed E-state index contributed by atoms with van der Waals surface area (Å²) in [5, 5.41) is 3.00. The van der Waals surface area contributed by atoms with Crippen LogP contribution in [0.3, 0.4) is 0 Å². The van der Waals surface area contributed by atoms with Crippen LogP contribution in [0.1, 0.15) is 25.3 Å². The van der Waals surface area contributed by atoms with Crippen LogP contribution >= 0.6 is 0 Å². The summed E-state index contributed by atoms with van der Waals surface area (Å²) in [7, 11) is 0. The second-order valence-electron chi connectivity index (χ2n) is 5.30. The molecule has 0 radical (unpaired) electrons. The second kappa shape index (κ2) is 5.43. The average Bonchev–Trinajstić information content (AvgIpc) is 3.15. The molecule has 0 bridgehead atoms. The zero-order valence-electron chi connectivity index (χ0n) is 11.2. The van der Waals surface area contributed by atoms with Gasteiger partial charge in [0.25, 0.3) is 0 Å². The summed E-state index contributed by atoms with van der Waals surface area (Å²) in [6.45, 7) is 6.95. The Hall–Kier alpha value is -1.84. The Morgan fingerprint density at radius 3 is 2.84 bits per heavy atom. The molecule has 19 heavy (non-hydrogen) atoms. The Morgan fingerprint density at radius 2 is 2.26 bits per heavy atom. The third-order valence-corrected chi connectivity index (χ3v) is 3.41. The summed E-state index contributed by atoms with van der Waals surface area (Å²) in [6.07, 6.45) is 2.07. The van der Waals surface area contributed by atoms with Gasteiger partial charge in [-0.15, -0.1) is 0 Å². The first-order valence-electron chi connectivity index (χ1n) is 6.46. The molecule has 0 heterocycles. The summed E-state index contributed by atoms with van der Waals surface area (Å²) in [5.41, 5.74) is 7.79. The molecule has 0 aliphatic heterocycles. The molecule has 0 unspecified atom stereocenters. The molecule has 4 heteroatoms. The molecule has 0 aromatic heterocycles. The summed E-state index contributed by atoms with van der Waals surface area (Å²) in [5.74, 6) is 0.229. The van der Waals surface area contributed by atoms with Gasteiger partial charge in [-0.1, -0.05) is 24.3 Å². The molecule has 3 nitrogen and oxygen atoms in total. The van der Waals surface area contributed by atoms with Crippen LogP contribution in [0.2, 0.25) is 0 Å². The predicted octanol–water partition coefficient (Wildman–Crippen LogP) is 2.34. The molecule has 1 aliphatic rings. The first kappa shape index (κ1) is 13.6. The van der Waals surface area contributed by atoms with Crippen molar-refractivity contribution in [2.75, 3.05) is 13.1 Å². The molecular formula is C15H20FN3. The van der Waals surface area contributed by atoms with E-state index in [1.165, 1.54) is 6.07 Å². The largest absolute Gasteiger partial charge is 0.370 e. The molecule has 1 aromatic carbocycles. The number of benzene rings is 1. The molecule has 0 atom stereocenters. The maximum Gasteiger partial charge on any atom is 0.188 e. The first-order chi connectivity index (χ1) is 9.02. The molecule has 1 aliphatic carbocycles. The van der Waals surface area contributed by atoms with E-state index in [1.807, 2.05) is 13.0 Å². The lowest BCUT2D eigenvalue weighted by atomic mass is 9.96. The van der Waals surface area contributed by atoms with Crippen molar-refractivity contribution < 1.29 is 4.39 Å². The summed E-state index contributed by atoms with van der Waals surface area (Å²) in [6, 6.07) is 6.77. The van der Waals surface area contributed by atoms with Gasteiger partial charge in [0.15, 0.2) is 5.96 Å². The Labute approximate surface area is 113 Å². The predicted molar refractivity (Wildman–Crippen MR) is 76.6 cm³/mol. The van der Waals surface area contributed by atoms with Crippen molar-refractivity contribution in [3.05, 3.63) is 47.8 Å².